The van der Waals surface area contributed by atoms with E-state index in [0.29, 0.717) is 19.9 Å². The summed E-state index contributed by atoms with van der Waals surface area (Å²) in [5.41, 5.74) is 0. The van der Waals surface area contributed by atoms with Crippen LogP contribution in [0.1, 0.15) is 43.6 Å². The molecule has 128 valence electrons. The van der Waals surface area contributed by atoms with Gasteiger partial charge in [0.05, 0.1) is 13.3 Å². The Morgan fingerprint density at radius 1 is 0.900 bits per heavy atom. The summed E-state index contributed by atoms with van der Waals surface area (Å²) < 4.78 is 4.90. The second kappa shape index (κ2) is 30.9. The van der Waals surface area contributed by atoms with Crippen LogP contribution in [-0.2, 0) is 14.3 Å². The van der Waals surface area contributed by atoms with Gasteiger partial charge in [0.1, 0.15) is 12.4 Å². The molecule has 20 heavy (non-hydrogen) atoms. The number of hydrogen-bond acceptors (Lipinski definition) is 6. The Balaban J connectivity index is -0.0000000440. The molecule has 0 radical (unpaired) electrons. The van der Waals surface area contributed by atoms with Crippen molar-refractivity contribution in [2.75, 3.05) is 40.6 Å². The fraction of sp³-hybridized carbons (Fsp3) is 0.857. The van der Waals surface area contributed by atoms with E-state index in [2.05, 4.69) is 16.0 Å². The average molecular weight is 297 g/mol. The minimum absolute atomic E-state index is 0. The number of nitrogens with one attached hydrogen (secondary N) is 3. The monoisotopic (exact) mass is 297 g/mol. The van der Waals surface area contributed by atoms with E-state index in [1.165, 1.54) is 6.92 Å². The maximum absolute atomic E-state index is 10.3. The van der Waals surface area contributed by atoms with Crippen molar-refractivity contribution in [2.24, 2.45) is 0 Å². The first-order valence-corrected chi connectivity index (χ1v) is 5.11. The van der Waals surface area contributed by atoms with Gasteiger partial charge in [-0.05, 0) is 27.9 Å². The SMILES string of the molecule is C.C.C.C.CNCC(C)=O.CNCNCOCC(C)=O. The van der Waals surface area contributed by atoms with Gasteiger partial charge in [-0.2, -0.15) is 0 Å². The molecule has 0 spiro atoms. The zero-order chi connectivity index (χ0) is 12.8. The Kier molecular flexibility index (Phi) is 56.4. The molecule has 0 aromatic rings. The van der Waals surface area contributed by atoms with Crippen LogP contribution in [0.5, 0.6) is 0 Å². The smallest absolute Gasteiger partial charge is 0.155 e. The summed E-state index contributed by atoms with van der Waals surface area (Å²) in [6.45, 7) is 4.84. The summed E-state index contributed by atoms with van der Waals surface area (Å²) in [5, 5.41) is 8.50. The molecule has 0 aliphatic rings. The van der Waals surface area contributed by atoms with Gasteiger partial charge >= 0.3 is 0 Å². The number of carbonyl (C=O) groups is 2. The highest BCUT2D eigenvalue weighted by molar-refractivity contribution is 5.77. The molecule has 6 heteroatoms. The molecular weight excluding hydrogens is 258 g/mol. The minimum Gasteiger partial charge on any atom is -0.359 e. The first-order chi connectivity index (χ1) is 7.54. The zero-order valence-corrected chi connectivity index (χ0v) is 10.6. The van der Waals surface area contributed by atoms with E-state index in [4.69, 9.17) is 4.74 Å². The molecule has 0 saturated carbocycles. The number of rotatable bonds is 8. The van der Waals surface area contributed by atoms with Crippen LogP contribution < -0.4 is 16.0 Å². The molecular formula is C14H39N3O3. The average Bonchev–Trinajstić information content (AvgIpc) is 2.17. The largest absolute Gasteiger partial charge is 0.359 e. The van der Waals surface area contributed by atoms with Gasteiger partial charge in [0.2, 0.25) is 0 Å². The van der Waals surface area contributed by atoms with E-state index in [9.17, 15) is 9.59 Å². The maximum atomic E-state index is 10.3. The van der Waals surface area contributed by atoms with Gasteiger partial charge in [0.25, 0.3) is 0 Å². The van der Waals surface area contributed by atoms with Crippen LogP contribution in [0.25, 0.3) is 0 Å². The summed E-state index contributed by atoms with van der Waals surface area (Å²) in [4.78, 5) is 20.3. The standard InChI is InChI=1S/C6H14N2O2.C4H9NO.4CH4/c1-6(9)3-10-5-8-4-7-2;1-4(6)3-5-2;;;;/h7-8H,3-5H2,1-2H3;5H,3H2,1-2H3;4*1H4. The molecule has 0 unspecified atom stereocenters. The van der Waals surface area contributed by atoms with E-state index in [0.717, 1.165) is 0 Å². The zero-order valence-electron chi connectivity index (χ0n) is 10.6. The first kappa shape index (κ1) is 36.5. The fourth-order valence-corrected chi connectivity index (χ4v) is 0.692. The molecule has 0 aliphatic heterocycles. The number of likely N-dealkylation sites (N-methyl/N-ethyl adjacent to an activating group) is 1. The molecule has 0 rings (SSSR count). The third-order valence-electron chi connectivity index (χ3n) is 1.24. The Morgan fingerprint density at radius 2 is 1.40 bits per heavy atom. The van der Waals surface area contributed by atoms with Crippen molar-refractivity contribution >= 4 is 11.6 Å². The van der Waals surface area contributed by atoms with Crippen LogP contribution in [0.15, 0.2) is 0 Å². The molecule has 0 bridgehead atoms. The third-order valence-corrected chi connectivity index (χ3v) is 1.24. The van der Waals surface area contributed by atoms with Gasteiger partial charge in [-0.15, -0.1) is 0 Å². The minimum atomic E-state index is 0. The number of ether oxygens (including phenoxy) is 1. The van der Waals surface area contributed by atoms with Gasteiger partial charge in [0, 0.05) is 6.67 Å². The van der Waals surface area contributed by atoms with E-state index < -0.39 is 0 Å². The van der Waals surface area contributed by atoms with E-state index in [-0.39, 0.29) is 47.9 Å². The predicted molar refractivity (Wildman–Crippen MR) is 90.1 cm³/mol. The third kappa shape index (κ3) is 53.4. The van der Waals surface area contributed by atoms with Gasteiger partial charge in [0.15, 0.2) is 5.78 Å². The lowest BCUT2D eigenvalue weighted by atomic mass is 10.5. The topological polar surface area (TPSA) is 79.5 Å². The highest BCUT2D eigenvalue weighted by atomic mass is 16.5. The Morgan fingerprint density at radius 3 is 1.65 bits per heavy atom. The molecule has 0 saturated heterocycles. The maximum Gasteiger partial charge on any atom is 0.155 e. The van der Waals surface area contributed by atoms with Crippen molar-refractivity contribution < 1.29 is 14.3 Å². The number of carbonyl (C=O) groups excluding carboxylic acids is 2. The van der Waals surface area contributed by atoms with Crippen LogP contribution in [0.2, 0.25) is 0 Å². The predicted octanol–water partition coefficient (Wildman–Crippen LogP) is 1.66. The Labute approximate surface area is 127 Å². The second-order valence-corrected chi connectivity index (χ2v) is 3.21. The van der Waals surface area contributed by atoms with Crippen LogP contribution >= 0.6 is 0 Å². The van der Waals surface area contributed by atoms with Crippen molar-refractivity contribution in [3.63, 3.8) is 0 Å². The second-order valence-electron chi connectivity index (χ2n) is 3.21. The van der Waals surface area contributed by atoms with Crippen LogP contribution in [0.4, 0.5) is 0 Å². The molecule has 0 aliphatic carbocycles. The highest BCUT2D eigenvalue weighted by Gasteiger charge is 1.90. The normalized spacial score (nSPS) is 7.40. The molecule has 0 heterocycles. The molecule has 6 nitrogen and oxygen atoms in total. The van der Waals surface area contributed by atoms with Crippen molar-refractivity contribution in [3.05, 3.63) is 0 Å². The molecule has 0 amide bonds. The van der Waals surface area contributed by atoms with Gasteiger partial charge < -0.3 is 15.4 Å². The number of ketones is 2. The molecule has 3 N–H and O–H groups in total. The lowest BCUT2D eigenvalue weighted by molar-refractivity contribution is -0.121. The lowest BCUT2D eigenvalue weighted by Gasteiger charge is -2.02. The fourth-order valence-electron chi connectivity index (χ4n) is 0.692. The van der Waals surface area contributed by atoms with Crippen LogP contribution in [-0.4, -0.2) is 52.2 Å². The van der Waals surface area contributed by atoms with Gasteiger partial charge in [-0.25, -0.2) is 0 Å². The summed E-state index contributed by atoms with van der Waals surface area (Å²) in [5.74, 6) is 0.226. The van der Waals surface area contributed by atoms with Crippen molar-refractivity contribution in [3.8, 4) is 0 Å². The lowest BCUT2D eigenvalue weighted by Crippen LogP contribution is -2.28. The quantitative estimate of drug-likeness (QED) is 0.467. The highest BCUT2D eigenvalue weighted by Crippen LogP contribution is 1.71. The van der Waals surface area contributed by atoms with E-state index in [1.807, 2.05) is 7.05 Å². The summed E-state index contributed by atoms with van der Waals surface area (Å²) in [6, 6.07) is 0. The van der Waals surface area contributed by atoms with E-state index >= 15 is 0 Å². The molecule has 0 aromatic carbocycles. The van der Waals surface area contributed by atoms with Gasteiger partial charge in [-0.3, -0.25) is 14.9 Å². The van der Waals surface area contributed by atoms with Crippen molar-refractivity contribution in [1.29, 1.82) is 0 Å². The Bertz CT molecular complexity index is 189. The van der Waals surface area contributed by atoms with Crippen LogP contribution in [0, 0.1) is 0 Å². The van der Waals surface area contributed by atoms with Crippen molar-refractivity contribution in [1.82, 2.24) is 16.0 Å². The number of Topliss-reactive ketones (excluding diaryl/α,β-unsaturated/α-hetero) is 2. The first-order valence-electron chi connectivity index (χ1n) is 5.11. The summed E-state index contributed by atoms with van der Waals surface area (Å²) >= 11 is 0. The molecule has 0 aromatic heterocycles. The molecule has 0 atom stereocenters. The van der Waals surface area contributed by atoms with E-state index in [1.54, 1.807) is 14.0 Å². The molecule has 0 fully saturated rings. The summed E-state index contributed by atoms with van der Waals surface area (Å²) in [7, 11) is 3.58. The summed E-state index contributed by atoms with van der Waals surface area (Å²) in [6.07, 6.45) is 0. The van der Waals surface area contributed by atoms with Crippen LogP contribution in [0.3, 0.4) is 0 Å². The van der Waals surface area contributed by atoms with Gasteiger partial charge in [-0.1, -0.05) is 29.7 Å². The van der Waals surface area contributed by atoms with Crippen molar-refractivity contribution in [2.45, 2.75) is 43.6 Å². The Hall–Kier alpha value is -0.820. The number of hydrogen-bond donors (Lipinski definition) is 3.